The highest BCUT2D eigenvalue weighted by molar-refractivity contribution is 9.12. The van der Waals surface area contributed by atoms with Gasteiger partial charge in [-0.3, -0.25) is 0 Å². The summed E-state index contributed by atoms with van der Waals surface area (Å²) in [5.41, 5.74) is 0. The molecule has 0 rings (SSSR count). The van der Waals surface area contributed by atoms with Crippen molar-refractivity contribution in [3.05, 3.63) is 20.1 Å². The van der Waals surface area contributed by atoms with Gasteiger partial charge in [0.25, 0.3) is 0 Å². The van der Waals surface area contributed by atoms with Gasteiger partial charge in [0.2, 0.25) is 0 Å². The van der Waals surface area contributed by atoms with Gasteiger partial charge in [0.05, 0.1) is 8.47 Å². The zero-order valence-corrected chi connectivity index (χ0v) is 25.6. The maximum atomic E-state index is 2.50. The van der Waals surface area contributed by atoms with Crippen LogP contribution in [0.1, 0.15) is 55.4 Å². The molecule has 184 valence electrons. The molecular weight excluding hydrogens is 481 g/mol. The maximum Gasteiger partial charge on any atom is 0.125 e. The summed E-state index contributed by atoms with van der Waals surface area (Å²) in [7, 11) is 5.73. The highest BCUT2D eigenvalue weighted by Gasteiger charge is 2.21. The minimum absolute atomic E-state index is 1.04. The molecule has 9 heteroatoms. The van der Waals surface area contributed by atoms with Gasteiger partial charge in [-0.05, 0) is 99.3 Å². The number of hydrogen-bond acceptors (Lipinski definition) is 9. The lowest BCUT2D eigenvalue weighted by Crippen LogP contribution is -2.36. The Balaban J connectivity index is 5.91. The van der Waals surface area contributed by atoms with E-state index in [1.54, 1.807) is 0 Å². The van der Waals surface area contributed by atoms with E-state index in [0.717, 1.165) is 52.4 Å². The first kappa shape index (κ1) is 31.4. The zero-order valence-electron chi connectivity index (χ0n) is 21.5. The van der Waals surface area contributed by atoms with E-state index < -0.39 is 0 Å². The van der Waals surface area contributed by atoms with Crippen LogP contribution < -0.4 is 0 Å². The number of nitrogens with zero attached hydrogens (tertiary/aromatic N) is 4. The fourth-order valence-electron chi connectivity index (χ4n) is 3.41. The van der Waals surface area contributed by atoms with Crippen LogP contribution in [0.5, 0.6) is 0 Å². The van der Waals surface area contributed by atoms with Crippen LogP contribution in [0.2, 0.25) is 0 Å². The molecule has 0 aliphatic rings. The molecule has 0 bridgehead atoms. The summed E-state index contributed by atoms with van der Waals surface area (Å²) < 4.78 is 2.80. The molecule has 0 fully saturated rings. The standard InChI is InChI=1S/C22H46N4S5/c1-11-23(12-2)19(24(13-3)14-4)21(27-9)29-31-30-22(28-10)20(25(15-5)16-6)26(17-7)18-8/h11-18H2,1-10H3. The second-order valence-corrected chi connectivity index (χ2v) is 12.6. The van der Waals surface area contributed by atoms with Crippen LogP contribution in [0.4, 0.5) is 0 Å². The van der Waals surface area contributed by atoms with Gasteiger partial charge in [0.1, 0.15) is 11.6 Å². The van der Waals surface area contributed by atoms with E-state index >= 15 is 0 Å². The third-order valence-electron chi connectivity index (χ3n) is 5.21. The lowest BCUT2D eigenvalue weighted by atomic mass is 10.4. The molecule has 31 heavy (non-hydrogen) atoms. The van der Waals surface area contributed by atoms with Crippen LogP contribution in [0.3, 0.4) is 0 Å². The zero-order chi connectivity index (χ0) is 23.8. The van der Waals surface area contributed by atoms with Crippen molar-refractivity contribution in [1.29, 1.82) is 0 Å². The van der Waals surface area contributed by atoms with E-state index in [4.69, 9.17) is 0 Å². The fourth-order valence-corrected chi connectivity index (χ4v) is 10.7. The average molecular weight is 527 g/mol. The topological polar surface area (TPSA) is 13.0 Å². The van der Waals surface area contributed by atoms with E-state index in [2.05, 4.69) is 87.5 Å². The first-order valence-corrected chi connectivity index (χ1v) is 17.5. The van der Waals surface area contributed by atoms with E-state index in [0.29, 0.717) is 0 Å². The number of thioether (sulfide) groups is 2. The molecule has 0 aromatic carbocycles. The fraction of sp³-hybridized carbons (Fsp3) is 0.818. The molecule has 0 saturated carbocycles. The van der Waals surface area contributed by atoms with Crippen LogP contribution in [-0.2, 0) is 0 Å². The third kappa shape index (κ3) is 9.67. The van der Waals surface area contributed by atoms with E-state index in [9.17, 15) is 0 Å². The largest absolute Gasteiger partial charge is 0.357 e. The van der Waals surface area contributed by atoms with Gasteiger partial charge in [0, 0.05) is 52.4 Å². The first-order chi connectivity index (χ1) is 15.0. The normalized spacial score (nSPS) is 10.6. The van der Waals surface area contributed by atoms with Crippen molar-refractivity contribution in [2.45, 2.75) is 55.4 Å². The molecule has 0 aliphatic carbocycles. The lowest BCUT2D eigenvalue weighted by Gasteiger charge is -2.35. The third-order valence-corrected chi connectivity index (χ3v) is 11.9. The summed E-state index contributed by atoms with van der Waals surface area (Å²) in [6.07, 6.45) is 4.42. The van der Waals surface area contributed by atoms with Crippen molar-refractivity contribution in [3.8, 4) is 0 Å². The van der Waals surface area contributed by atoms with Crippen LogP contribution in [0.15, 0.2) is 20.1 Å². The SMILES string of the molecule is CCN(CC)C(=C(SC)SSSC(SC)=C(N(CC)CC)N(CC)CC)N(CC)CC. The molecule has 0 spiro atoms. The van der Waals surface area contributed by atoms with Gasteiger partial charge < -0.3 is 19.6 Å². The average Bonchev–Trinajstić information content (AvgIpc) is 2.80. The first-order valence-electron chi connectivity index (χ1n) is 11.5. The van der Waals surface area contributed by atoms with Crippen LogP contribution >= 0.6 is 54.9 Å². The lowest BCUT2D eigenvalue weighted by molar-refractivity contribution is 0.235. The Morgan fingerprint density at radius 2 is 0.677 bits per heavy atom. The van der Waals surface area contributed by atoms with Crippen molar-refractivity contribution in [3.63, 3.8) is 0 Å². The van der Waals surface area contributed by atoms with E-state index in [1.165, 1.54) is 20.1 Å². The molecule has 0 saturated heterocycles. The maximum absolute atomic E-state index is 2.50. The molecule has 0 atom stereocenters. The van der Waals surface area contributed by atoms with Gasteiger partial charge >= 0.3 is 0 Å². The van der Waals surface area contributed by atoms with Crippen molar-refractivity contribution in [2.75, 3.05) is 64.9 Å². The van der Waals surface area contributed by atoms with Crippen molar-refractivity contribution in [1.82, 2.24) is 19.6 Å². The second-order valence-electron chi connectivity index (χ2n) is 6.55. The minimum Gasteiger partial charge on any atom is -0.357 e. The summed E-state index contributed by atoms with van der Waals surface area (Å²) in [5.74, 6) is 2.78. The molecular formula is C22H46N4S5. The van der Waals surface area contributed by atoms with E-state index in [1.807, 2.05) is 54.9 Å². The predicted octanol–water partition coefficient (Wildman–Crippen LogP) is 7.36. The van der Waals surface area contributed by atoms with Crippen LogP contribution in [0.25, 0.3) is 0 Å². The highest BCUT2D eigenvalue weighted by atomic mass is 33.5. The summed E-state index contributed by atoms with van der Waals surface area (Å²) in [6.45, 7) is 26.3. The Kier molecular flexibility index (Phi) is 19.1. The molecule has 0 aromatic heterocycles. The minimum atomic E-state index is 1.04. The monoisotopic (exact) mass is 526 g/mol. The second kappa shape index (κ2) is 18.8. The molecule has 0 heterocycles. The number of hydrogen-bond donors (Lipinski definition) is 0. The van der Waals surface area contributed by atoms with Crippen LogP contribution in [-0.4, -0.2) is 84.5 Å². The van der Waals surface area contributed by atoms with Gasteiger partial charge in [-0.25, -0.2) is 0 Å². The summed E-state index contributed by atoms with van der Waals surface area (Å²) >= 11 is 3.75. The Bertz CT molecular complexity index is 452. The van der Waals surface area contributed by atoms with Gasteiger partial charge in [0.15, 0.2) is 0 Å². The molecule has 0 unspecified atom stereocenters. The summed E-state index contributed by atoms with van der Waals surface area (Å²) in [4.78, 5) is 10.00. The molecule has 0 radical (unpaired) electrons. The Hall–Kier alpha value is 0.430. The predicted molar refractivity (Wildman–Crippen MR) is 156 cm³/mol. The molecule has 0 aliphatic heterocycles. The summed E-state index contributed by atoms with van der Waals surface area (Å²) in [5, 5.41) is 0. The Labute approximate surface area is 213 Å². The van der Waals surface area contributed by atoms with Crippen molar-refractivity contribution < 1.29 is 0 Å². The Morgan fingerprint density at radius 3 is 0.839 bits per heavy atom. The quantitative estimate of drug-likeness (QED) is 0.168. The van der Waals surface area contributed by atoms with Gasteiger partial charge in [-0.2, -0.15) is 0 Å². The smallest absolute Gasteiger partial charge is 0.125 e. The van der Waals surface area contributed by atoms with Gasteiger partial charge in [-0.1, -0.05) is 0 Å². The molecule has 0 aromatic rings. The molecule has 4 nitrogen and oxygen atoms in total. The molecule has 0 N–H and O–H groups in total. The van der Waals surface area contributed by atoms with Crippen LogP contribution in [0, 0.1) is 0 Å². The van der Waals surface area contributed by atoms with Crippen molar-refractivity contribution >= 4 is 54.9 Å². The number of rotatable bonds is 18. The van der Waals surface area contributed by atoms with Gasteiger partial charge in [-0.15, -0.1) is 23.5 Å². The highest BCUT2D eigenvalue weighted by Crippen LogP contribution is 2.51. The van der Waals surface area contributed by atoms with Crippen molar-refractivity contribution in [2.24, 2.45) is 0 Å². The Morgan fingerprint density at radius 1 is 0.452 bits per heavy atom. The molecule has 0 amide bonds. The summed E-state index contributed by atoms with van der Waals surface area (Å²) in [6, 6.07) is 0. The van der Waals surface area contributed by atoms with E-state index in [-0.39, 0.29) is 0 Å².